The molecule has 0 unspecified atom stereocenters. The van der Waals surface area contributed by atoms with E-state index in [1.807, 2.05) is 11.8 Å². The summed E-state index contributed by atoms with van der Waals surface area (Å²) < 4.78 is 5.48. The second kappa shape index (κ2) is 6.92. The predicted molar refractivity (Wildman–Crippen MR) is 79.0 cm³/mol. The van der Waals surface area contributed by atoms with Crippen molar-refractivity contribution in [1.29, 1.82) is 0 Å². The number of carboxylic acid groups (broad SMARTS) is 1. The standard InChI is InChI=1S/C16H19NO4/c1-2-17(13-6-7-13)15(18)11-21-14-8-3-12(4-9-14)5-10-16(19)20/h3-5,8-10,13H,2,6-7,11H2,1H3,(H,19,20). The molecular formula is C16H19NO4. The summed E-state index contributed by atoms with van der Waals surface area (Å²) in [4.78, 5) is 24.3. The number of carbonyl (C=O) groups is 2. The molecule has 1 amide bonds. The Morgan fingerprint density at radius 2 is 2.00 bits per heavy atom. The maximum absolute atomic E-state index is 12.0. The molecule has 0 bridgehead atoms. The van der Waals surface area contributed by atoms with Gasteiger partial charge in [-0.15, -0.1) is 0 Å². The lowest BCUT2D eigenvalue weighted by atomic mass is 10.2. The van der Waals surface area contributed by atoms with Crippen LogP contribution >= 0.6 is 0 Å². The molecule has 1 aromatic carbocycles. The summed E-state index contributed by atoms with van der Waals surface area (Å²) in [6.45, 7) is 2.72. The Balaban J connectivity index is 1.85. The first-order valence-electron chi connectivity index (χ1n) is 7.03. The van der Waals surface area contributed by atoms with Crippen molar-refractivity contribution in [3.8, 4) is 5.75 Å². The topological polar surface area (TPSA) is 66.8 Å². The van der Waals surface area contributed by atoms with Crippen LogP contribution < -0.4 is 4.74 Å². The van der Waals surface area contributed by atoms with Crippen LogP contribution in [0.25, 0.3) is 6.08 Å². The number of benzene rings is 1. The van der Waals surface area contributed by atoms with E-state index in [9.17, 15) is 9.59 Å². The summed E-state index contributed by atoms with van der Waals surface area (Å²) >= 11 is 0. The molecule has 0 aliphatic heterocycles. The van der Waals surface area contributed by atoms with Crippen molar-refractivity contribution < 1.29 is 19.4 Å². The first kappa shape index (κ1) is 15.1. The molecule has 0 aromatic heterocycles. The number of hydrogen-bond acceptors (Lipinski definition) is 3. The van der Waals surface area contributed by atoms with Gasteiger partial charge < -0.3 is 14.7 Å². The molecule has 0 radical (unpaired) electrons. The van der Waals surface area contributed by atoms with E-state index in [0.29, 0.717) is 18.3 Å². The van der Waals surface area contributed by atoms with Crippen LogP contribution in [0.5, 0.6) is 5.75 Å². The van der Waals surface area contributed by atoms with E-state index in [1.165, 1.54) is 6.08 Å². The molecule has 1 fully saturated rings. The smallest absolute Gasteiger partial charge is 0.328 e. The number of nitrogens with zero attached hydrogens (tertiary/aromatic N) is 1. The van der Waals surface area contributed by atoms with Crippen LogP contribution in [0.2, 0.25) is 0 Å². The first-order chi connectivity index (χ1) is 10.1. The summed E-state index contributed by atoms with van der Waals surface area (Å²) in [5, 5.41) is 8.55. The van der Waals surface area contributed by atoms with Crippen molar-refractivity contribution in [3.63, 3.8) is 0 Å². The zero-order valence-corrected chi connectivity index (χ0v) is 12.0. The molecule has 1 aromatic rings. The molecule has 112 valence electrons. The number of carboxylic acids is 1. The Kier molecular flexibility index (Phi) is 4.98. The van der Waals surface area contributed by atoms with E-state index < -0.39 is 5.97 Å². The zero-order valence-electron chi connectivity index (χ0n) is 12.0. The van der Waals surface area contributed by atoms with Gasteiger partial charge in [-0.3, -0.25) is 4.79 Å². The Hall–Kier alpha value is -2.30. The molecule has 5 nitrogen and oxygen atoms in total. The lowest BCUT2D eigenvalue weighted by molar-refractivity contribution is -0.134. The summed E-state index contributed by atoms with van der Waals surface area (Å²) in [7, 11) is 0. The van der Waals surface area contributed by atoms with Gasteiger partial charge in [-0.1, -0.05) is 12.1 Å². The van der Waals surface area contributed by atoms with Gasteiger partial charge in [0.15, 0.2) is 6.61 Å². The minimum atomic E-state index is -0.986. The fraction of sp³-hybridized carbons (Fsp3) is 0.375. The molecule has 1 N–H and O–H groups in total. The van der Waals surface area contributed by atoms with Crippen molar-refractivity contribution in [3.05, 3.63) is 35.9 Å². The Bertz CT molecular complexity index is 532. The number of hydrogen-bond donors (Lipinski definition) is 1. The maximum Gasteiger partial charge on any atom is 0.328 e. The van der Waals surface area contributed by atoms with Gasteiger partial charge in [0, 0.05) is 18.7 Å². The van der Waals surface area contributed by atoms with Crippen molar-refractivity contribution in [2.45, 2.75) is 25.8 Å². The van der Waals surface area contributed by atoms with E-state index >= 15 is 0 Å². The Morgan fingerprint density at radius 1 is 1.33 bits per heavy atom. The third-order valence-corrected chi connectivity index (χ3v) is 3.31. The van der Waals surface area contributed by atoms with Crippen LogP contribution in [0.3, 0.4) is 0 Å². The minimum absolute atomic E-state index is 0.00912. The van der Waals surface area contributed by atoms with E-state index in [2.05, 4.69) is 0 Å². The number of rotatable bonds is 7. The Labute approximate surface area is 123 Å². The molecule has 5 heteroatoms. The van der Waals surface area contributed by atoms with Gasteiger partial charge in [0.25, 0.3) is 5.91 Å². The number of aliphatic carboxylic acids is 1. The fourth-order valence-electron chi connectivity index (χ4n) is 2.10. The van der Waals surface area contributed by atoms with E-state index in [-0.39, 0.29) is 12.5 Å². The monoisotopic (exact) mass is 289 g/mol. The van der Waals surface area contributed by atoms with E-state index in [0.717, 1.165) is 24.5 Å². The summed E-state index contributed by atoms with van der Waals surface area (Å²) in [6, 6.07) is 7.34. The van der Waals surface area contributed by atoms with Crippen LogP contribution in [0.1, 0.15) is 25.3 Å². The normalized spacial score (nSPS) is 14.1. The molecule has 1 aliphatic rings. The predicted octanol–water partition coefficient (Wildman–Crippen LogP) is 2.17. The molecule has 0 heterocycles. The van der Waals surface area contributed by atoms with Crippen molar-refractivity contribution in [2.75, 3.05) is 13.2 Å². The third-order valence-electron chi connectivity index (χ3n) is 3.31. The molecule has 0 atom stereocenters. The summed E-state index contributed by atoms with van der Waals surface area (Å²) in [5.74, 6) is -0.377. The average Bonchev–Trinajstić information content (AvgIpc) is 3.29. The minimum Gasteiger partial charge on any atom is -0.484 e. The highest BCUT2D eigenvalue weighted by Gasteiger charge is 2.31. The molecule has 1 saturated carbocycles. The van der Waals surface area contributed by atoms with Crippen molar-refractivity contribution >= 4 is 18.0 Å². The lowest BCUT2D eigenvalue weighted by Gasteiger charge is -2.20. The van der Waals surface area contributed by atoms with Crippen molar-refractivity contribution in [2.24, 2.45) is 0 Å². The highest BCUT2D eigenvalue weighted by Crippen LogP contribution is 2.26. The van der Waals surface area contributed by atoms with Crippen LogP contribution in [0.15, 0.2) is 30.3 Å². The van der Waals surface area contributed by atoms with E-state index in [4.69, 9.17) is 9.84 Å². The highest BCUT2D eigenvalue weighted by atomic mass is 16.5. The molecule has 0 spiro atoms. The summed E-state index contributed by atoms with van der Waals surface area (Å²) in [6.07, 6.45) is 4.76. The van der Waals surface area contributed by atoms with E-state index in [1.54, 1.807) is 24.3 Å². The van der Waals surface area contributed by atoms with Gasteiger partial charge in [0.2, 0.25) is 0 Å². The molecule has 1 aliphatic carbocycles. The van der Waals surface area contributed by atoms with Gasteiger partial charge in [-0.2, -0.15) is 0 Å². The number of amides is 1. The molecule has 2 rings (SSSR count). The third kappa shape index (κ3) is 4.63. The highest BCUT2D eigenvalue weighted by molar-refractivity contribution is 5.85. The maximum atomic E-state index is 12.0. The second-order valence-electron chi connectivity index (χ2n) is 4.94. The van der Waals surface area contributed by atoms with Gasteiger partial charge in [0.1, 0.15) is 5.75 Å². The fourth-order valence-corrected chi connectivity index (χ4v) is 2.10. The zero-order chi connectivity index (χ0) is 15.2. The van der Waals surface area contributed by atoms with Crippen LogP contribution in [-0.4, -0.2) is 41.1 Å². The molecule has 21 heavy (non-hydrogen) atoms. The van der Waals surface area contributed by atoms with Crippen LogP contribution in [0, 0.1) is 0 Å². The number of carbonyl (C=O) groups excluding carboxylic acids is 1. The van der Waals surface area contributed by atoms with Gasteiger partial charge in [-0.05, 0) is 43.5 Å². The van der Waals surface area contributed by atoms with Crippen molar-refractivity contribution in [1.82, 2.24) is 4.90 Å². The average molecular weight is 289 g/mol. The largest absolute Gasteiger partial charge is 0.484 e. The van der Waals surface area contributed by atoms with Gasteiger partial charge >= 0.3 is 5.97 Å². The number of likely N-dealkylation sites (N-methyl/N-ethyl adjacent to an activating group) is 1. The second-order valence-corrected chi connectivity index (χ2v) is 4.94. The SMILES string of the molecule is CCN(C(=O)COc1ccc(C=CC(=O)O)cc1)C1CC1. The molecular weight excluding hydrogens is 270 g/mol. The number of ether oxygens (including phenoxy) is 1. The van der Waals surface area contributed by atoms with Gasteiger partial charge in [-0.25, -0.2) is 4.79 Å². The van der Waals surface area contributed by atoms with Gasteiger partial charge in [0.05, 0.1) is 0 Å². The summed E-state index contributed by atoms with van der Waals surface area (Å²) in [5.41, 5.74) is 0.768. The lowest BCUT2D eigenvalue weighted by Crippen LogP contribution is -2.36. The first-order valence-corrected chi connectivity index (χ1v) is 7.03. The van der Waals surface area contributed by atoms with Crippen LogP contribution in [-0.2, 0) is 9.59 Å². The molecule has 0 saturated heterocycles. The Morgan fingerprint density at radius 3 is 2.52 bits per heavy atom. The quantitative estimate of drug-likeness (QED) is 0.781. The van der Waals surface area contributed by atoms with Crippen LogP contribution in [0.4, 0.5) is 0 Å².